The van der Waals surface area contributed by atoms with Crippen molar-refractivity contribution in [3.63, 3.8) is 0 Å². The fourth-order valence-electron chi connectivity index (χ4n) is 3.38. The Morgan fingerprint density at radius 1 is 1.32 bits per heavy atom. The smallest absolute Gasteiger partial charge is 0.227 e. The molecule has 122 valence electrons. The van der Waals surface area contributed by atoms with Gasteiger partial charge in [0.15, 0.2) is 0 Å². The Bertz CT molecular complexity index is 513. The van der Waals surface area contributed by atoms with Gasteiger partial charge in [-0.05, 0) is 43.9 Å². The SMILES string of the molecule is CC1CCNC(C)C1NC(=O)C1COc2ccccc2C1.Cl. The van der Waals surface area contributed by atoms with E-state index in [1.54, 1.807) is 0 Å². The van der Waals surface area contributed by atoms with Gasteiger partial charge in [-0.25, -0.2) is 0 Å². The van der Waals surface area contributed by atoms with Crippen molar-refractivity contribution in [2.24, 2.45) is 11.8 Å². The zero-order valence-corrected chi connectivity index (χ0v) is 14.0. The minimum Gasteiger partial charge on any atom is -0.492 e. The molecule has 1 fully saturated rings. The lowest BCUT2D eigenvalue weighted by atomic mass is 9.88. The monoisotopic (exact) mass is 324 g/mol. The van der Waals surface area contributed by atoms with Gasteiger partial charge in [0.2, 0.25) is 5.91 Å². The van der Waals surface area contributed by atoms with Crippen molar-refractivity contribution in [3.05, 3.63) is 29.8 Å². The van der Waals surface area contributed by atoms with E-state index in [0.717, 1.165) is 30.7 Å². The van der Waals surface area contributed by atoms with E-state index in [2.05, 4.69) is 24.5 Å². The fraction of sp³-hybridized carbons (Fsp3) is 0.588. The highest BCUT2D eigenvalue weighted by atomic mass is 35.5. The van der Waals surface area contributed by atoms with Crippen LogP contribution in [-0.2, 0) is 11.2 Å². The first-order valence-corrected chi connectivity index (χ1v) is 7.89. The zero-order chi connectivity index (χ0) is 14.8. The van der Waals surface area contributed by atoms with Crippen LogP contribution in [0.25, 0.3) is 0 Å². The van der Waals surface area contributed by atoms with Crippen LogP contribution in [0.4, 0.5) is 0 Å². The molecule has 2 N–H and O–H groups in total. The summed E-state index contributed by atoms with van der Waals surface area (Å²) in [6.45, 7) is 5.88. The molecule has 1 amide bonds. The van der Waals surface area contributed by atoms with E-state index in [1.807, 2.05) is 24.3 Å². The first kappa shape index (κ1) is 17.1. The topological polar surface area (TPSA) is 50.4 Å². The lowest BCUT2D eigenvalue weighted by molar-refractivity contribution is -0.127. The van der Waals surface area contributed by atoms with Crippen LogP contribution >= 0.6 is 12.4 Å². The third kappa shape index (κ3) is 3.55. The number of halogens is 1. The van der Waals surface area contributed by atoms with Crippen molar-refractivity contribution < 1.29 is 9.53 Å². The van der Waals surface area contributed by atoms with E-state index < -0.39 is 0 Å². The van der Waals surface area contributed by atoms with Gasteiger partial charge in [-0.1, -0.05) is 25.1 Å². The first-order chi connectivity index (χ1) is 10.1. The number of hydrogen-bond acceptors (Lipinski definition) is 3. The summed E-state index contributed by atoms with van der Waals surface area (Å²) in [6, 6.07) is 8.52. The van der Waals surface area contributed by atoms with Gasteiger partial charge in [0, 0.05) is 12.1 Å². The van der Waals surface area contributed by atoms with Gasteiger partial charge in [-0.2, -0.15) is 0 Å². The molecule has 1 aromatic rings. The minimum atomic E-state index is -0.0822. The van der Waals surface area contributed by atoms with Crippen LogP contribution < -0.4 is 15.4 Å². The molecule has 1 aromatic carbocycles. The molecule has 4 nitrogen and oxygen atoms in total. The molecule has 22 heavy (non-hydrogen) atoms. The summed E-state index contributed by atoms with van der Waals surface area (Å²) in [5.74, 6) is 1.47. The Hall–Kier alpha value is -1.26. The first-order valence-electron chi connectivity index (χ1n) is 7.89. The molecule has 2 aliphatic rings. The second kappa shape index (κ2) is 7.34. The molecular weight excluding hydrogens is 300 g/mol. The molecule has 1 saturated heterocycles. The molecule has 0 bridgehead atoms. The maximum absolute atomic E-state index is 12.5. The summed E-state index contributed by atoms with van der Waals surface area (Å²) in [4.78, 5) is 12.5. The van der Waals surface area contributed by atoms with Crippen molar-refractivity contribution in [2.75, 3.05) is 13.2 Å². The molecule has 0 spiro atoms. The van der Waals surface area contributed by atoms with E-state index in [-0.39, 0.29) is 30.3 Å². The van der Waals surface area contributed by atoms with Gasteiger partial charge in [-0.3, -0.25) is 4.79 Å². The van der Waals surface area contributed by atoms with Gasteiger partial charge >= 0.3 is 0 Å². The minimum absolute atomic E-state index is 0. The van der Waals surface area contributed by atoms with Gasteiger partial charge in [-0.15, -0.1) is 12.4 Å². The molecule has 0 radical (unpaired) electrons. The van der Waals surface area contributed by atoms with E-state index in [9.17, 15) is 4.79 Å². The van der Waals surface area contributed by atoms with Gasteiger partial charge in [0.1, 0.15) is 12.4 Å². The third-order valence-electron chi connectivity index (χ3n) is 4.78. The van der Waals surface area contributed by atoms with Crippen molar-refractivity contribution in [1.29, 1.82) is 0 Å². The molecule has 3 rings (SSSR count). The number of carbonyl (C=O) groups is 1. The molecule has 2 aliphatic heterocycles. The van der Waals surface area contributed by atoms with E-state index in [0.29, 0.717) is 18.6 Å². The van der Waals surface area contributed by atoms with E-state index in [1.165, 1.54) is 0 Å². The number of nitrogens with one attached hydrogen (secondary N) is 2. The number of ether oxygens (including phenoxy) is 1. The summed E-state index contributed by atoms with van der Waals surface area (Å²) in [5.41, 5.74) is 1.13. The van der Waals surface area contributed by atoms with Crippen molar-refractivity contribution in [3.8, 4) is 5.75 Å². The molecular formula is C17H25ClN2O2. The molecule has 0 saturated carbocycles. The van der Waals surface area contributed by atoms with Crippen LogP contribution in [0.1, 0.15) is 25.8 Å². The van der Waals surface area contributed by atoms with Gasteiger partial charge < -0.3 is 15.4 Å². The molecule has 2 heterocycles. The highest BCUT2D eigenvalue weighted by molar-refractivity contribution is 5.85. The second-order valence-electron chi connectivity index (χ2n) is 6.36. The Morgan fingerprint density at radius 2 is 2.09 bits per heavy atom. The Morgan fingerprint density at radius 3 is 2.86 bits per heavy atom. The normalized spacial score (nSPS) is 30.5. The van der Waals surface area contributed by atoms with Gasteiger partial charge in [0.05, 0.1) is 5.92 Å². The maximum Gasteiger partial charge on any atom is 0.227 e. The molecule has 4 atom stereocenters. The maximum atomic E-state index is 12.5. The van der Waals surface area contributed by atoms with Crippen molar-refractivity contribution >= 4 is 18.3 Å². The molecule has 5 heteroatoms. The Kier molecular flexibility index (Phi) is 5.70. The number of fused-ring (bicyclic) bond motifs is 1. The average molecular weight is 325 g/mol. The van der Waals surface area contributed by atoms with Gasteiger partial charge in [0.25, 0.3) is 0 Å². The highest BCUT2D eigenvalue weighted by Gasteiger charge is 2.32. The number of para-hydroxylation sites is 1. The standard InChI is InChI=1S/C17H24N2O2.ClH/c1-11-7-8-18-12(2)16(11)19-17(20)14-9-13-5-3-4-6-15(13)21-10-14;/h3-6,11-12,14,16,18H,7-10H2,1-2H3,(H,19,20);1H. The quantitative estimate of drug-likeness (QED) is 0.876. The summed E-state index contributed by atoms with van der Waals surface area (Å²) < 4.78 is 5.72. The number of hydrogen-bond donors (Lipinski definition) is 2. The Balaban J connectivity index is 0.00000176. The fourth-order valence-corrected chi connectivity index (χ4v) is 3.38. The predicted molar refractivity (Wildman–Crippen MR) is 89.6 cm³/mol. The van der Waals surface area contributed by atoms with Crippen LogP contribution in [0.3, 0.4) is 0 Å². The highest BCUT2D eigenvalue weighted by Crippen LogP contribution is 2.27. The Labute approximate surface area is 138 Å². The molecule has 0 aromatic heterocycles. The zero-order valence-electron chi connectivity index (χ0n) is 13.2. The predicted octanol–water partition coefficient (Wildman–Crippen LogP) is 2.16. The number of benzene rings is 1. The number of piperidine rings is 1. The average Bonchev–Trinajstić information content (AvgIpc) is 2.50. The van der Waals surface area contributed by atoms with Crippen LogP contribution in [0.2, 0.25) is 0 Å². The van der Waals surface area contributed by atoms with Crippen LogP contribution in [0, 0.1) is 11.8 Å². The van der Waals surface area contributed by atoms with E-state index in [4.69, 9.17) is 4.74 Å². The molecule has 4 unspecified atom stereocenters. The summed E-state index contributed by atoms with van der Waals surface area (Å²) in [6.07, 6.45) is 1.88. The number of carbonyl (C=O) groups excluding carboxylic acids is 1. The second-order valence-corrected chi connectivity index (χ2v) is 6.36. The molecule has 0 aliphatic carbocycles. The summed E-state index contributed by atoms with van der Waals surface area (Å²) in [7, 11) is 0. The third-order valence-corrected chi connectivity index (χ3v) is 4.78. The van der Waals surface area contributed by atoms with Crippen LogP contribution in [0.5, 0.6) is 5.75 Å². The summed E-state index contributed by atoms with van der Waals surface area (Å²) >= 11 is 0. The lowest BCUT2D eigenvalue weighted by Gasteiger charge is -2.37. The van der Waals surface area contributed by atoms with Crippen molar-refractivity contribution in [1.82, 2.24) is 10.6 Å². The van der Waals surface area contributed by atoms with Crippen LogP contribution in [0.15, 0.2) is 24.3 Å². The largest absolute Gasteiger partial charge is 0.492 e. The van der Waals surface area contributed by atoms with Crippen molar-refractivity contribution in [2.45, 2.75) is 38.8 Å². The number of amides is 1. The summed E-state index contributed by atoms with van der Waals surface area (Å²) in [5, 5.41) is 6.68. The van der Waals surface area contributed by atoms with E-state index >= 15 is 0 Å². The number of rotatable bonds is 2. The lowest BCUT2D eigenvalue weighted by Crippen LogP contribution is -2.57. The van der Waals surface area contributed by atoms with Crippen LogP contribution in [-0.4, -0.2) is 31.1 Å².